The molecule has 3 aromatic rings. The molecule has 8 nitrogen and oxygen atoms in total. The molecule has 0 aliphatic carbocycles. The van der Waals surface area contributed by atoms with Gasteiger partial charge in [0, 0.05) is 17.6 Å². The fourth-order valence-electron chi connectivity index (χ4n) is 3.86. The quantitative estimate of drug-likeness (QED) is 0.291. The molecule has 0 saturated carbocycles. The molecule has 0 radical (unpaired) electrons. The predicted octanol–water partition coefficient (Wildman–Crippen LogP) is 5.79. The Hall–Kier alpha value is -2.98. The van der Waals surface area contributed by atoms with E-state index < -0.39 is 34.4 Å². The summed E-state index contributed by atoms with van der Waals surface area (Å²) in [6.45, 7) is 4.56. The monoisotopic (exact) mass is 625 g/mol. The summed E-state index contributed by atoms with van der Waals surface area (Å²) in [5.41, 5.74) is 0.796. The molecule has 1 atom stereocenters. The number of benzene rings is 3. The van der Waals surface area contributed by atoms with Crippen LogP contribution < -0.4 is 14.4 Å². The highest BCUT2D eigenvalue weighted by Crippen LogP contribution is 2.28. The summed E-state index contributed by atoms with van der Waals surface area (Å²) in [6, 6.07) is 15.8. The molecule has 0 heterocycles. The van der Waals surface area contributed by atoms with E-state index in [1.807, 2.05) is 0 Å². The van der Waals surface area contributed by atoms with Crippen molar-refractivity contribution in [3.8, 4) is 5.75 Å². The highest BCUT2D eigenvalue weighted by Gasteiger charge is 2.33. The first kappa shape index (κ1) is 31.5. The lowest BCUT2D eigenvalue weighted by molar-refractivity contribution is -0.139. The lowest BCUT2D eigenvalue weighted by Crippen LogP contribution is -2.52. The first-order valence-corrected chi connectivity index (χ1v) is 14.9. The predicted molar refractivity (Wildman–Crippen MR) is 159 cm³/mol. The number of carbonyl (C=O) groups excluding carboxylic acids is 2. The number of amides is 2. The fraction of sp³-hybridized carbons (Fsp3) is 0.286. The number of anilines is 1. The average molecular weight is 627 g/mol. The molecule has 0 spiro atoms. The summed E-state index contributed by atoms with van der Waals surface area (Å²) >= 11 is 18.4. The largest absolute Gasteiger partial charge is 0.497 e. The second-order valence-corrected chi connectivity index (χ2v) is 12.4. The smallest absolute Gasteiger partial charge is 0.264 e. The molecule has 214 valence electrons. The molecule has 0 aliphatic rings. The van der Waals surface area contributed by atoms with Gasteiger partial charge in [-0.15, -0.1) is 0 Å². The molecule has 2 amide bonds. The Morgan fingerprint density at radius 1 is 0.925 bits per heavy atom. The van der Waals surface area contributed by atoms with E-state index in [2.05, 4.69) is 5.32 Å². The molecule has 40 heavy (non-hydrogen) atoms. The van der Waals surface area contributed by atoms with Gasteiger partial charge in [0.25, 0.3) is 10.0 Å². The van der Waals surface area contributed by atoms with E-state index in [-0.39, 0.29) is 33.2 Å². The normalized spacial score (nSPS) is 12.1. The van der Waals surface area contributed by atoms with E-state index in [0.29, 0.717) is 16.3 Å². The molecule has 0 fully saturated rings. The molecule has 0 bridgehead atoms. The summed E-state index contributed by atoms with van der Waals surface area (Å²) in [6.07, 6.45) is 0. The average Bonchev–Trinajstić information content (AvgIpc) is 2.91. The van der Waals surface area contributed by atoms with Crippen LogP contribution in [0.3, 0.4) is 0 Å². The molecule has 1 unspecified atom stereocenters. The highest BCUT2D eigenvalue weighted by atomic mass is 35.5. The van der Waals surface area contributed by atoms with Gasteiger partial charge in [0.2, 0.25) is 11.8 Å². The Balaban J connectivity index is 2.05. The summed E-state index contributed by atoms with van der Waals surface area (Å²) in [5, 5.41) is 3.72. The summed E-state index contributed by atoms with van der Waals surface area (Å²) < 4.78 is 33.8. The molecule has 3 aromatic carbocycles. The lowest BCUT2D eigenvalue weighted by atomic mass is 10.1. The first-order chi connectivity index (χ1) is 18.8. The molecule has 3 rings (SSSR count). The SMILES string of the molecule is COc1ccc(S(=O)(=O)N(CC(=O)N(Cc2ccc(Cl)c(Cl)c2)C(C)C(=O)NC(C)C)c2cccc(Cl)c2)cc1. The van der Waals surface area contributed by atoms with E-state index in [0.717, 1.165) is 4.31 Å². The molecule has 12 heteroatoms. The van der Waals surface area contributed by atoms with Crippen molar-refractivity contribution in [2.45, 2.75) is 44.3 Å². The minimum atomic E-state index is -4.24. The van der Waals surface area contributed by atoms with Crippen molar-refractivity contribution in [2.75, 3.05) is 18.0 Å². The van der Waals surface area contributed by atoms with Crippen molar-refractivity contribution in [2.24, 2.45) is 0 Å². The number of hydrogen-bond acceptors (Lipinski definition) is 5. The Morgan fingerprint density at radius 2 is 1.60 bits per heavy atom. The van der Waals surface area contributed by atoms with Crippen LogP contribution in [0.25, 0.3) is 0 Å². The Labute approximate surface area is 249 Å². The topological polar surface area (TPSA) is 96.0 Å². The number of nitrogens with one attached hydrogen (secondary N) is 1. The van der Waals surface area contributed by atoms with Gasteiger partial charge in [0.15, 0.2) is 0 Å². The van der Waals surface area contributed by atoms with Crippen LogP contribution in [-0.2, 0) is 26.2 Å². The zero-order valence-corrected chi connectivity index (χ0v) is 25.5. The van der Waals surface area contributed by atoms with Gasteiger partial charge in [0.05, 0.1) is 27.7 Å². The third kappa shape index (κ3) is 7.81. The number of rotatable bonds is 11. The van der Waals surface area contributed by atoms with Crippen LogP contribution in [0.2, 0.25) is 15.1 Å². The number of ether oxygens (including phenoxy) is 1. The lowest BCUT2D eigenvalue weighted by Gasteiger charge is -2.32. The number of hydrogen-bond donors (Lipinski definition) is 1. The van der Waals surface area contributed by atoms with Gasteiger partial charge in [-0.3, -0.25) is 13.9 Å². The van der Waals surface area contributed by atoms with Crippen molar-refractivity contribution in [1.29, 1.82) is 0 Å². The Morgan fingerprint density at radius 3 is 2.17 bits per heavy atom. The number of halogens is 3. The van der Waals surface area contributed by atoms with Gasteiger partial charge in [-0.05, 0) is 80.9 Å². The van der Waals surface area contributed by atoms with Crippen LogP contribution >= 0.6 is 34.8 Å². The van der Waals surface area contributed by atoms with Gasteiger partial charge in [-0.1, -0.05) is 46.9 Å². The third-order valence-corrected chi connectivity index (χ3v) is 8.72. The summed E-state index contributed by atoms with van der Waals surface area (Å²) in [5.74, 6) is -0.535. The van der Waals surface area contributed by atoms with Crippen molar-refractivity contribution >= 4 is 62.3 Å². The van der Waals surface area contributed by atoms with Crippen LogP contribution in [0.4, 0.5) is 5.69 Å². The van der Waals surface area contributed by atoms with Gasteiger partial charge in [-0.2, -0.15) is 0 Å². The highest BCUT2D eigenvalue weighted by molar-refractivity contribution is 7.92. The van der Waals surface area contributed by atoms with Gasteiger partial charge in [-0.25, -0.2) is 8.42 Å². The maximum atomic E-state index is 13.9. The minimum absolute atomic E-state index is 0.0195. The van der Waals surface area contributed by atoms with Crippen LogP contribution in [0.5, 0.6) is 5.75 Å². The first-order valence-electron chi connectivity index (χ1n) is 12.3. The number of carbonyl (C=O) groups is 2. The van der Waals surface area contributed by atoms with Gasteiger partial charge < -0.3 is 15.0 Å². The van der Waals surface area contributed by atoms with Gasteiger partial charge in [0.1, 0.15) is 18.3 Å². The molecule has 0 aromatic heterocycles. The fourth-order valence-corrected chi connectivity index (χ4v) is 5.77. The van der Waals surface area contributed by atoms with E-state index in [1.54, 1.807) is 57.2 Å². The molecular weight excluding hydrogens is 597 g/mol. The number of methoxy groups -OCH3 is 1. The van der Waals surface area contributed by atoms with Crippen LogP contribution in [0, 0.1) is 0 Å². The maximum absolute atomic E-state index is 13.9. The zero-order valence-electron chi connectivity index (χ0n) is 22.4. The standard InChI is InChI=1S/C28H30Cl3N3O5S/c1-18(2)32-28(36)19(3)33(16-20-8-13-25(30)26(31)14-20)27(35)17-34(22-7-5-6-21(29)15-22)40(37,38)24-11-9-23(39-4)10-12-24/h5-15,18-19H,16-17H2,1-4H3,(H,32,36). The molecule has 0 saturated heterocycles. The zero-order chi connectivity index (χ0) is 29.6. The van der Waals surface area contributed by atoms with Crippen molar-refractivity contribution in [3.63, 3.8) is 0 Å². The van der Waals surface area contributed by atoms with E-state index in [4.69, 9.17) is 39.5 Å². The van der Waals surface area contributed by atoms with Crippen LogP contribution in [0.1, 0.15) is 26.3 Å². The Kier molecular flexibility index (Phi) is 10.7. The second-order valence-electron chi connectivity index (χ2n) is 9.28. The summed E-state index contributed by atoms with van der Waals surface area (Å²) in [7, 11) is -2.77. The van der Waals surface area contributed by atoms with E-state index >= 15 is 0 Å². The number of nitrogens with zero attached hydrogens (tertiary/aromatic N) is 2. The molecule has 1 N–H and O–H groups in total. The number of sulfonamides is 1. The van der Waals surface area contributed by atoms with Gasteiger partial charge >= 0.3 is 0 Å². The third-order valence-electron chi connectivity index (χ3n) is 5.96. The summed E-state index contributed by atoms with van der Waals surface area (Å²) in [4.78, 5) is 28.1. The van der Waals surface area contributed by atoms with Crippen LogP contribution in [0.15, 0.2) is 71.6 Å². The van der Waals surface area contributed by atoms with E-state index in [9.17, 15) is 18.0 Å². The van der Waals surface area contributed by atoms with Crippen molar-refractivity contribution in [3.05, 3.63) is 87.4 Å². The second kappa shape index (κ2) is 13.6. The van der Waals surface area contributed by atoms with Crippen LogP contribution in [-0.4, -0.2) is 50.9 Å². The van der Waals surface area contributed by atoms with Crippen molar-refractivity contribution < 1.29 is 22.7 Å². The van der Waals surface area contributed by atoms with Crippen molar-refractivity contribution in [1.82, 2.24) is 10.2 Å². The van der Waals surface area contributed by atoms with E-state index in [1.165, 1.54) is 42.3 Å². The maximum Gasteiger partial charge on any atom is 0.264 e. The molecule has 0 aliphatic heterocycles. The molecular formula is C28H30Cl3N3O5S. The Bertz CT molecular complexity index is 1470. The minimum Gasteiger partial charge on any atom is -0.497 e.